The second-order valence-electron chi connectivity index (χ2n) is 5.45. The maximum Gasteiger partial charge on any atom is 0.248 e. The fourth-order valence-corrected chi connectivity index (χ4v) is 2.19. The lowest BCUT2D eigenvalue weighted by Crippen LogP contribution is -2.37. The van der Waals surface area contributed by atoms with Gasteiger partial charge in [0.1, 0.15) is 0 Å². The van der Waals surface area contributed by atoms with E-state index in [4.69, 9.17) is 22.9 Å². The molecule has 2 aromatic carbocycles. The Labute approximate surface area is 144 Å². The number of hydrogen-bond donors (Lipinski definition) is 5. The average molecular weight is 340 g/mol. The van der Waals surface area contributed by atoms with Crippen LogP contribution in [0.15, 0.2) is 53.5 Å². The summed E-state index contributed by atoms with van der Waals surface area (Å²) in [7, 11) is 0. The van der Waals surface area contributed by atoms with Gasteiger partial charge in [0.2, 0.25) is 11.8 Å². The zero-order valence-corrected chi connectivity index (χ0v) is 13.5. The molecule has 0 aliphatic rings. The van der Waals surface area contributed by atoms with E-state index >= 15 is 0 Å². The van der Waals surface area contributed by atoms with Crippen LogP contribution in [-0.4, -0.2) is 23.8 Å². The lowest BCUT2D eigenvalue weighted by molar-refractivity contribution is -0.117. The molecule has 2 rings (SSSR count). The second-order valence-corrected chi connectivity index (χ2v) is 5.45. The largest absolute Gasteiger partial charge is 0.370 e. The smallest absolute Gasteiger partial charge is 0.248 e. The van der Waals surface area contributed by atoms with E-state index in [1.54, 1.807) is 42.5 Å². The van der Waals surface area contributed by atoms with Gasteiger partial charge in [-0.15, -0.1) is 0 Å². The number of hydrogen-bond acceptors (Lipinski definition) is 4. The Balaban J connectivity index is 1.99. The zero-order valence-electron chi connectivity index (χ0n) is 13.5. The quantitative estimate of drug-likeness (QED) is 0.374. The highest BCUT2D eigenvalue weighted by atomic mass is 16.2. The number of carbonyl (C=O) groups excluding carboxylic acids is 2. The van der Waals surface area contributed by atoms with Crippen molar-refractivity contribution in [1.82, 2.24) is 0 Å². The Morgan fingerprint density at radius 1 is 1.04 bits per heavy atom. The summed E-state index contributed by atoms with van der Waals surface area (Å²) in [6, 6.07) is 12.6. The van der Waals surface area contributed by atoms with Gasteiger partial charge in [-0.2, -0.15) is 0 Å². The fourth-order valence-electron chi connectivity index (χ4n) is 2.19. The molecular weight excluding hydrogens is 320 g/mol. The van der Waals surface area contributed by atoms with Crippen molar-refractivity contribution in [2.75, 3.05) is 5.32 Å². The lowest BCUT2D eigenvalue weighted by atomic mass is 10.1. The highest BCUT2D eigenvalue weighted by Crippen LogP contribution is 2.15. The van der Waals surface area contributed by atoms with Crippen LogP contribution in [0.25, 0.3) is 0 Å². The van der Waals surface area contributed by atoms with Gasteiger partial charge in [0.15, 0.2) is 5.96 Å². The van der Waals surface area contributed by atoms with Crippen molar-refractivity contribution in [3.63, 3.8) is 0 Å². The molecule has 0 unspecified atom stereocenters. The molecule has 0 saturated carbocycles. The first-order chi connectivity index (χ1) is 11.8. The third-order valence-electron chi connectivity index (χ3n) is 3.40. The summed E-state index contributed by atoms with van der Waals surface area (Å²) in [5.41, 5.74) is 24.0. The number of aliphatic imine (C=N–C) groups is 1. The summed E-state index contributed by atoms with van der Waals surface area (Å²) < 4.78 is 0. The Morgan fingerprint density at radius 2 is 1.72 bits per heavy atom. The second kappa shape index (κ2) is 7.93. The first kappa shape index (κ1) is 18.0. The maximum absolute atomic E-state index is 12.2. The monoisotopic (exact) mass is 340 g/mol. The van der Waals surface area contributed by atoms with E-state index in [1.165, 1.54) is 6.07 Å². The highest BCUT2D eigenvalue weighted by molar-refractivity contribution is 5.98. The number of nitrogens with two attached hydrogens (primary N) is 4. The van der Waals surface area contributed by atoms with Gasteiger partial charge >= 0.3 is 0 Å². The van der Waals surface area contributed by atoms with Gasteiger partial charge in [0.25, 0.3) is 0 Å². The molecule has 2 aromatic rings. The molecule has 0 saturated heterocycles. The molecule has 9 N–H and O–H groups in total. The summed E-state index contributed by atoms with van der Waals surface area (Å²) in [6.45, 7) is 0. The van der Waals surface area contributed by atoms with Crippen LogP contribution in [0.5, 0.6) is 0 Å². The van der Waals surface area contributed by atoms with E-state index in [2.05, 4.69) is 10.3 Å². The molecule has 1 atom stereocenters. The number of nitrogens with zero attached hydrogens (tertiary/aromatic N) is 1. The average Bonchev–Trinajstić information content (AvgIpc) is 2.56. The Morgan fingerprint density at radius 3 is 2.32 bits per heavy atom. The normalized spacial score (nSPS) is 11.4. The van der Waals surface area contributed by atoms with Crippen molar-refractivity contribution in [2.24, 2.45) is 27.9 Å². The van der Waals surface area contributed by atoms with Crippen molar-refractivity contribution in [3.8, 4) is 0 Å². The van der Waals surface area contributed by atoms with Gasteiger partial charge < -0.3 is 28.3 Å². The number of benzene rings is 2. The molecule has 0 bridgehead atoms. The van der Waals surface area contributed by atoms with Crippen LogP contribution in [-0.2, 0) is 11.2 Å². The molecule has 130 valence electrons. The van der Waals surface area contributed by atoms with Crippen molar-refractivity contribution in [3.05, 3.63) is 59.7 Å². The van der Waals surface area contributed by atoms with E-state index in [0.717, 1.165) is 5.56 Å². The van der Waals surface area contributed by atoms with Gasteiger partial charge in [0, 0.05) is 11.3 Å². The van der Waals surface area contributed by atoms with Crippen LogP contribution >= 0.6 is 0 Å². The van der Waals surface area contributed by atoms with Gasteiger partial charge in [-0.25, -0.2) is 4.99 Å². The number of guanidine groups is 1. The summed E-state index contributed by atoms with van der Waals surface area (Å²) in [5, 5.41) is 2.67. The van der Waals surface area contributed by atoms with Crippen molar-refractivity contribution in [2.45, 2.75) is 12.5 Å². The van der Waals surface area contributed by atoms with Crippen LogP contribution in [0.4, 0.5) is 11.4 Å². The molecule has 0 heterocycles. The molecule has 25 heavy (non-hydrogen) atoms. The molecule has 0 aromatic heterocycles. The lowest BCUT2D eigenvalue weighted by Gasteiger charge is -2.13. The number of primary amides is 1. The van der Waals surface area contributed by atoms with Crippen molar-refractivity contribution in [1.29, 1.82) is 0 Å². The minimum atomic E-state index is -0.758. The fraction of sp³-hybridized carbons (Fsp3) is 0.118. The molecule has 0 spiro atoms. The molecule has 0 aliphatic carbocycles. The van der Waals surface area contributed by atoms with Crippen LogP contribution in [0.3, 0.4) is 0 Å². The number of rotatable bonds is 6. The summed E-state index contributed by atoms with van der Waals surface area (Å²) in [6.07, 6.45) is 0.337. The Hall–Kier alpha value is -3.39. The van der Waals surface area contributed by atoms with Gasteiger partial charge in [-0.1, -0.05) is 18.2 Å². The maximum atomic E-state index is 12.2. The van der Waals surface area contributed by atoms with E-state index in [-0.39, 0.29) is 11.9 Å². The van der Waals surface area contributed by atoms with E-state index in [9.17, 15) is 9.59 Å². The van der Waals surface area contributed by atoms with Crippen LogP contribution in [0.2, 0.25) is 0 Å². The standard InChI is InChI=1S/C17H20N6O2/c18-14(8-10-4-6-12(7-5-10)23-17(20)21)16(25)22-13-3-1-2-11(9-13)15(19)24/h1-7,9,14H,8,18H2,(H2,19,24)(H,22,25)(H4,20,21,23)/t14-/m0/s1. The molecule has 0 aliphatic heterocycles. The summed E-state index contributed by atoms with van der Waals surface area (Å²) >= 11 is 0. The van der Waals surface area contributed by atoms with Gasteiger partial charge in [-0.3, -0.25) is 9.59 Å². The van der Waals surface area contributed by atoms with Gasteiger partial charge in [-0.05, 0) is 42.3 Å². The summed E-state index contributed by atoms with van der Waals surface area (Å²) in [5.74, 6) is -0.960. The third kappa shape index (κ3) is 5.33. The van der Waals surface area contributed by atoms with Crippen molar-refractivity contribution >= 4 is 29.1 Å². The predicted molar refractivity (Wildman–Crippen MR) is 97.2 cm³/mol. The van der Waals surface area contributed by atoms with E-state index < -0.39 is 11.9 Å². The number of carbonyl (C=O) groups is 2. The van der Waals surface area contributed by atoms with E-state index in [1.807, 2.05) is 0 Å². The molecule has 8 heteroatoms. The van der Waals surface area contributed by atoms with Crippen molar-refractivity contribution < 1.29 is 9.59 Å². The van der Waals surface area contributed by atoms with E-state index in [0.29, 0.717) is 23.4 Å². The van der Waals surface area contributed by atoms with Gasteiger partial charge in [0.05, 0.1) is 11.7 Å². The SMILES string of the molecule is NC(=O)c1cccc(NC(=O)[C@@H](N)Cc2ccc(N=C(N)N)cc2)c1. The first-order valence-corrected chi connectivity index (χ1v) is 7.50. The third-order valence-corrected chi connectivity index (χ3v) is 3.40. The van der Waals surface area contributed by atoms with Crippen LogP contribution in [0.1, 0.15) is 15.9 Å². The molecular formula is C17H20N6O2. The Bertz CT molecular complexity index is 797. The number of anilines is 1. The predicted octanol–water partition coefficient (Wildman–Crippen LogP) is 0.199. The first-order valence-electron chi connectivity index (χ1n) is 7.50. The summed E-state index contributed by atoms with van der Waals surface area (Å²) in [4.78, 5) is 27.3. The molecule has 0 fully saturated rings. The Kier molecular flexibility index (Phi) is 5.70. The zero-order chi connectivity index (χ0) is 18.4. The molecule has 0 radical (unpaired) electrons. The number of amides is 2. The topological polar surface area (TPSA) is 163 Å². The highest BCUT2D eigenvalue weighted by Gasteiger charge is 2.15. The van der Waals surface area contributed by atoms with Crippen LogP contribution < -0.4 is 28.3 Å². The minimum Gasteiger partial charge on any atom is -0.370 e. The number of nitrogens with one attached hydrogen (secondary N) is 1. The molecule has 2 amide bonds. The van der Waals surface area contributed by atoms with Crippen LogP contribution in [0, 0.1) is 0 Å². The molecule has 8 nitrogen and oxygen atoms in total. The minimum absolute atomic E-state index is 0.0259.